The van der Waals surface area contributed by atoms with Crippen molar-refractivity contribution in [3.05, 3.63) is 0 Å². The number of rotatable bonds is 2. The molecule has 3 atom stereocenters. The first kappa shape index (κ1) is 9.94. The van der Waals surface area contributed by atoms with Gasteiger partial charge in [0, 0.05) is 0 Å². The average Bonchev–Trinajstić information content (AvgIpc) is 2.46. The van der Waals surface area contributed by atoms with Crippen molar-refractivity contribution in [1.29, 1.82) is 0 Å². The Labute approximate surface area is 74.9 Å². The van der Waals surface area contributed by atoms with Crippen LogP contribution in [0.2, 0.25) is 0 Å². The van der Waals surface area contributed by atoms with E-state index in [9.17, 15) is 9.59 Å². The molecule has 1 amide bonds. The number of amides is 1. The number of carbonyl (C=O) groups is 2. The second-order valence-electron chi connectivity index (χ2n) is 2.61. The summed E-state index contributed by atoms with van der Waals surface area (Å²) in [5.41, 5.74) is 4.99. The van der Waals surface area contributed by atoms with Gasteiger partial charge in [-0.25, -0.2) is 4.79 Å². The Morgan fingerprint density at radius 1 is 1.31 bits per heavy atom. The van der Waals surface area contributed by atoms with Crippen LogP contribution in [0.1, 0.15) is 6.92 Å². The Morgan fingerprint density at radius 3 is 2.31 bits per heavy atom. The van der Waals surface area contributed by atoms with E-state index in [-0.39, 0.29) is 0 Å². The third-order valence-electron chi connectivity index (χ3n) is 1.67. The van der Waals surface area contributed by atoms with Crippen molar-refractivity contribution in [2.24, 2.45) is 5.73 Å². The number of ether oxygens (including phenoxy) is 3. The zero-order valence-corrected chi connectivity index (χ0v) is 7.35. The van der Waals surface area contributed by atoms with Crippen LogP contribution in [0, 0.1) is 0 Å². The molecule has 6 nitrogen and oxygen atoms in total. The minimum Gasteiger partial charge on any atom is -0.467 e. The van der Waals surface area contributed by atoms with E-state index in [4.69, 9.17) is 15.2 Å². The number of nitrogens with two attached hydrogens (primary N) is 1. The standard InChI is InChI=1S/C7H11NO5/c1-3-12-4(6(8)9)5(13-3)7(10)11-2/h3-5H,1-2H3,(H2,8,9). The first-order valence-corrected chi connectivity index (χ1v) is 3.74. The Bertz CT molecular complexity index is 229. The van der Waals surface area contributed by atoms with Crippen LogP contribution in [0.4, 0.5) is 0 Å². The molecule has 1 fully saturated rings. The van der Waals surface area contributed by atoms with Gasteiger partial charge in [-0.1, -0.05) is 0 Å². The molecule has 74 valence electrons. The van der Waals surface area contributed by atoms with Crippen LogP contribution in [0.25, 0.3) is 0 Å². The summed E-state index contributed by atoms with van der Waals surface area (Å²) in [6.07, 6.45) is -2.72. The highest BCUT2D eigenvalue weighted by Gasteiger charge is 2.43. The molecule has 0 radical (unpaired) electrons. The molecule has 1 saturated heterocycles. The highest BCUT2D eigenvalue weighted by Crippen LogP contribution is 2.19. The van der Waals surface area contributed by atoms with Gasteiger partial charge in [-0.05, 0) is 6.92 Å². The zero-order chi connectivity index (χ0) is 10.0. The lowest BCUT2D eigenvalue weighted by molar-refractivity contribution is -0.154. The van der Waals surface area contributed by atoms with Crippen LogP contribution >= 0.6 is 0 Å². The molecule has 6 heteroatoms. The van der Waals surface area contributed by atoms with Crippen molar-refractivity contribution in [2.75, 3.05) is 7.11 Å². The predicted octanol–water partition coefficient (Wildman–Crippen LogP) is -1.23. The molecule has 1 rings (SSSR count). The Hall–Kier alpha value is -1.14. The van der Waals surface area contributed by atoms with Crippen LogP contribution in [0.15, 0.2) is 0 Å². The monoisotopic (exact) mass is 189 g/mol. The average molecular weight is 189 g/mol. The fraction of sp³-hybridized carbons (Fsp3) is 0.714. The summed E-state index contributed by atoms with van der Waals surface area (Å²) in [7, 11) is 1.20. The van der Waals surface area contributed by atoms with E-state index in [0.29, 0.717) is 0 Å². The number of primary amides is 1. The van der Waals surface area contributed by atoms with Gasteiger partial charge < -0.3 is 19.9 Å². The minimum absolute atomic E-state index is 0.624. The third kappa shape index (κ3) is 1.96. The molecule has 3 unspecified atom stereocenters. The molecular weight excluding hydrogens is 178 g/mol. The Morgan fingerprint density at radius 2 is 1.85 bits per heavy atom. The SMILES string of the molecule is COC(=O)C1OC(C)OC1C(N)=O. The van der Waals surface area contributed by atoms with Gasteiger partial charge in [0.25, 0.3) is 0 Å². The van der Waals surface area contributed by atoms with E-state index in [2.05, 4.69) is 4.74 Å². The number of hydrogen-bond acceptors (Lipinski definition) is 5. The first-order chi connectivity index (χ1) is 6.06. The highest BCUT2D eigenvalue weighted by atomic mass is 16.7. The molecule has 1 aliphatic heterocycles. The molecule has 1 heterocycles. The highest BCUT2D eigenvalue weighted by molar-refractivity contribution is 5.88. The van der Waals surface area contributed by atoms with E-state index >= 15 is 0 Å². The number of esters is 1. The zero-order valence-electron chi connectivity index (χ0n) is 7.35. The van der Waals surface area contributed by atoms with Crippen LogP contribution in [0.3, 0.4) is 0 Å². The van der Waals surface area contributed by atoms with Crippen molar-refractivity contribution in [1.82, 2.24) is 0 Å². The Kier molecular flexibility index (Phi) is 2.84. The van der Waals surface area contributed by atoms with E-state index in [1.807, 2.05) is 0 Å². The second kappa shape index (κ2) is 3.71. The number of carbonyl (C=O) groups excluding carboxylic acids is 2. The van der Waals surface area contributed by atoms with Crippen LogP contribution in [-0.4, -0.2) is 37.5 Å². The normalized spacial score (nSPS) is 32.9. The summed E-state index contributed by atoms with van der Waals surface area (Å²) in [5.74, 6) is -1.40. The fourth-order valence-electron chi connectivity index (χ4n) is 1.10. The number of hydrogen-bond donors (Lipinski definition) is 1. The Balaban J connectivity index is 2.71. The largest absolute Gasteiger partial charge is 0.467 e. The van der Waals surface area contributed by atoms with Crippen molar-refractivity contribution < 1.29 is 23.8 Å². The summed E-state index contributed by atoms with van der Waals surface area (Å²) >= 11 is 0. The molecule has 0 aromatic rings. The van der Waals surface area contributed by atoms with Crippen LogP contribution in [0.5, 0.6) is 0 Å². The van der Waals surface area contributed by atoms with Gasteiger partial charge in [0.2, 0.25) is 5.91 Å². The third-order valence-corrected chi connectivity index (χ3v) is 1.67. The molecule has 0 aliphatic carbocycles. The van der Waals surface area contributed by atoms with Gasteiger partial charge in [0.05, 0.1) is 7.11 Å². The van der Waals surface area contributed by atoms with E-state index in [0.717, 1.165) is 0 Å². The van der Waals surface area contributed by atoms with Crippen LogP contribution in [-0.2, 0) is 23.8 Å². The van der Waals surface area contributed by atoms with Gasteiger partial charge in [0.1, 0.15) is 0 Å². The van der Waals surface area contributed by atoms with Gasteiger partial charge in [-0.3, -0.25) is 4.79 Å². The smallest absolute Gasteiger partial charge is 0.338 e. The molecule has 0 aromatic heterocycles. The van der Waals surface area contributed by atoms with Crippen LogP contribution < -0.4 is 5.73 Å². The second-order valence-corrected chi connectivity index (χ2v) is 2.61. The molecule has 1 aliphatic rings. The maximum absolute atomic E-state index is 11.0. The van der Waals surface area contributed by atoms with Gasteiger partial charge in [-0.15, -0.1) is 0 Å². The first-order valence-electron chi connectivity index (χ1n) is 3.74. The van der Waals surface area contributed by atoms with Gasteiger partial charge in [0.15, 0.2) is 18.5 Å². The molecule has 0 aromatic carbocycles. The van der Waals surface area contributed by atoms with Crippen molar-refractivity contribution >= 4 is 11.9 Å². The predicted molar refractivity (Wildman–Crippen MR) is 40.4 cm³/mol. The summed E-state index contributed by atoms with van der Waals surface area (Å²) in [6, 6.07) is 0. The molecule has 2 N–H and O–H groups in total. The van der Waals surface area contributed by atoms with E-state index in [1.165, 1.54) is 7.11 Å². The quantitative estimate of drug-likeness (QED) is 0.550. The maximum atomic E-state index is 11.0. The minimum atomic E-state index is -1.05. The lowest BCUT2D eigenvalue weighted by Crippen LogP contribution is -2.41. The molecule has 13 heavy (non-hydrogen) atoms. The summed E-state index contributed by atoms with van der Waals surface area (Å²) in [5, 5.41) is 0. The van der Waals surface area contributed by atoms with E-state index < -0.39 is 30.4 Å². The molecule has 0 bridgehead atoms. The van der Waals surface area contributed by atoms with Crippen molar-refractivity contribution in [3.8, 4) is 0 Å². The van der Waals surface area contributed by atoms with Gasteiger partial charge in [-0.2, -0.15) is 0 Å². The maximum Gasteiger partial charge on any atom is 0.338 e. The lowest BCUT2D eigenvalue weighted by Gasteiger charge is -2.10. The molecular formula is C7H11NO5. The molecule has 0 spiro atoms. The van der Waals surface area contributed by atoms with E-state index in [1.54, 1.807) is 6.92 Å². The lowest BCUT2D eigenvalue weighted by atomic mass is 10.2. The number of methoxy groups -OCH3 is 1. The molecule has 0 saturated carbocycles. The topological polar surface area (TPSA) is 87.8 Å². The fourth-order valence-corrected chi connectivity index (χ4v) is 1.10. The summed E-state index contributed by atoms with van der Waals surface area (Å²) in [6.45, 7) is 1.57. The van der Waals surface area contributed by atoms with Gasteiger partial charge >= 0.3 is 5.97 Å². The summed E-state index contributed by atoms with van der Waals surface area (Å²) in [4.78, 5) is 21.8. The van der Waals surface area contributed by atoms with Crippen molar-refractivity contribution in [3.63, 3.8) is 0 Å². The van der Waals surface area contributed by atoms with Crippen molar-refractivity contribution in [2.45, 2.75) is 25.4 Å². The summed E-state index contributed by atoms with van der Waals surface area (Å²) < 4.78 is 14.4.